The second kappa shape index (κ2) is 6.70. The summed E-state index contributed by atoms with van der Waals surface area (Å²) in [6.07, 6.45) is -0.454. The molecular formula is C15H21BrN2O2. The first-order chi connectivity index (χ1) is 9.45. The lowest BCUT2D eigenvalue weighted by molar-refractivity contribution is -0.142. The molecule has 1 amide bonds. The van der Waals surface area contributed by atoms with Gasteiger partial charge in [-0.2, -0.15) is 0 Å². The number of primary amides is 1. The van der Waals surface area contributed by atoms with Crippen molar-refractivity contribution < 1.29 is 9.53 Å². The van der Waals surface area contributed by atoms with E-state index in [1.807, 2.05) is 19.1 Å². The Kier molecular flexibility index (Phi) is 5.18. The van der Waals surface area contributed by atoms with Gasteiger partial charge in [0, 0.05) is 24.1 Å². The number of benzene rings is 1. The third-order valence-electron chi connectivity index (χ3n) is 3.60. The molecule has 4 nitrogen and oxygen atoms in total. The standard InChI is InChI=1S/C15H21BrN2O2/c1-10(12-4-3-5-13(16)6-12)7-18-8-11(2)20-14(9-18)15(17)19/h3-6,10-11,14H,7-9H2,1-2H3,(H2,17,19)/t10-,11+,14-/m0/s1. The summed E-state index contributed by atoms with van der Waals surface area (Å²) in [5, 5.41) is 0. The lowest BCUT2D eigenvalue weighted by Crippen LogP contribution is -2.52. The van der Waals surface area contributed by atoms with E-state index in [1.165, 1.54) is 5.56 Å². The Bertz CT molecular complexity index is 481. The van der Waals surface area contributed by atoms with E-state index < -0.39 is 6.10 Å². The van der Waals surface area contributed by atoms with E-state index in [1.54, 1.807) is 0 Å². The molecule has 0 bridgehead atoms. The van der Waals surface area contributed by atoms with Gasteiger partial charge in [-0.05, 0) is 30.5 Å². The second-order valence-electron chi connectivity index (χ2n) is 5.51. The number of nitrogens with two attached hydrogens (primary N) is 1. The first-order valence-electron chi connectivity index (χ1n) is 6.88. The molecule has 110 valence electrons. The number of morpholine rings is 1. The minimum atomic E-state index is -0.492. The average molecular weight is 341 g/mol. The minimum absolute atomic E-state index is 0.0379. The predicted molar refractivity (Wildman–Crippen MR) is 82.5 cm³/mol. The molecule has 0 saturated carbocycles. The fraction of sp³-hybridized carbons (Fsp3) is 0.533. The van der Waals surface area contributed by atoms with Crippen LogP contribution in [0.5, 0.6) is 0 Å². The van der Waals surface area contributed by atoms with Crippen molar-refractivity contribution in [3.05, 3.63) is 34.3 Å². The highest BCUT2D eigenvalue weighted by atomic mass is 79.9. The Morgan fingerprint density at radius 3 is 2.95 bits per heavy atom. The molecular weight excluding hydrogens is 320 g/mol. The van der Waals surface area contributed by atoms with Gasteiger partial charge in [0.05, 0.1) is 6.10 Å². The summed E-state index contributed by atoms with van der Waals surface area (Å²) in [5.41, 5.74) is 6.64. The van der Waals surface area contributed by atoms with Gasteiger partial charge in [-0.3, -0.25) is 9.69 Å². The number of ether oxygens (including phenoxy) is 1. The molecule has 0 unspecified atom stereocenters. The van der Waals surface area contributed by atoms with E-state index in [2.05, 4.69) is 39.9 Å². The van der Waals surface area contributed by atoms with Crippen molar-refractivity contribution in [2.75, 3.05) is 19.6 Å². The monoisotopic (exact) mass is 340 g/mol. The molecule has 0 aromatic heterocycles. The van der Waals surface area contributed by atoms with Crippen molar-refractivity contribution in [1.82, 2.24) is 4.90 Å². The van der Waals surface area contributed by atoms with Gasteiger partial charge in [0.1, 0.15) is 6.10 Å². The molecule has 1 fully saturated rings. The van der Waals surface area contributed by atoms with Gasteiger partial charge in [0.2, 0.25) is 5.91 Å². The molecule has 0 aliphatic carbocycles. The van der Waals surface area contributed by atoms with Crippen LogP contribution in [0.15, 0.2) is 28.7 Å². The van der Waals surface area contributed by atoms with Crippen LogP contribution in [-0.2, 0) is 9.53 Å². The molecule has 1 saturated heterocycles. The second-order valence-corrected chi connectivity index (χ2v) is 6.43. The van der Waals surface area contributed by atoms with Crippen LogP contribution in [0.4, 0.5) is 0 Å². The number of carbonyl (C=O) groups is 1. The summed E-state index contributed by atoms with van der Waals surface area (Å²) in [5.74, 6) is 0.0167. The summed E-state index contributed by atoms with van der Waals surface area (Å²) in [6, 6.07) is 8.34. The molecule has 20 heavy (non-hydrogen) atoms. The van der Waals surface area contributed by atoms with E-state index in [-0.39, 0.29) is 12.0 Å². The number of carbonyl (C=O) groups excluding carboxylic acids is 1. The molecule has 1 aliphatic rings. The maximum atomic E-state index is 11.3. The highest BCUT2D eigenvalue weighted by Crippen LogP contribution is 2.22. The molecule has 2 rings (SSSR count). The first kappa shape index (κ1) is 15.5. The largest absolute Gasteiger partial charge is 0.367 e. The zero-order chi connectivity index (χ0) is 14.7. The molecule has 3 atom stereocenters. The van der Waals surface area contributed by atoms with Crippen LogP contribution in [-0.4, -0.2) is 42.6 Å². The van der Waals surface area contributed by atoms with Crippen molar-refractivity contribution in [1.29, 1.82) is 0 Å². The van der Waals surface area contributed by atoms with Crippen LogP contribution in [0.1, 0.15) is 25.3 Å². The topological polar surface area (TPSA) is 55.6 Å². The maximum absolute atomic E-state index is 11.3. The van der Waals surface area contributed by atoms with Crippen molar-refractivity contribution in [2.24, 2.45) is 5.73 Å². The zero-order valence-corrected chi connectivity index (χ0v) is 13.5. The van der Waals surface area contributed by atoms with Gasteiger partial charge in [0.15, 0.2) is 0 Å². The summed E-state index contributed by atoms with van der Waals surface area (Å²) in [6.45, 7) is 6.49. The molecule has 1 aromatic rings. The van der Waals surface area contributed by atoms with E-state index in [0.29, 0.717) is 12.5 Å². The average Bonchev–Trinajstić information content (AvgIpc) is 2.37. The molecule has 1 heterocycles. The Hall–Kier alpha value is -0.910. The van der Waals surface area contributed by atoms with Crippen LogP contribution in [0.25, 0.3) is 0 Å². The maximum Gasteiger partial charge on any atom is 0.247 e. The Balaban J connectivity index is 1.99. The number of amides is 1. The van der Waals surface area contributed by atoms with Crippen LogP contribution in [0.2, 0.25) is 0 Å². The van der Waals surface area contributed by atoms with Gasteiger partial charge >= 0.3 is 0 Å². The summed E-state index contributed by atoms with van der Waals surface area (Å²) >= 11 is 3.50. The van der Waals surface area contributed by atoms with Crippen LogP contribution < -0.4 is 5.73 Å². The van der Waals surface area contributed by atoms with Gasteiger partial charge in [-0.15, -0.1) is 0 Å². The number of rotatable bonds is 4. The smallest absolute Gasteiger partial charge is 0.247 e. The van der Waals surface area contributed by atoms with E-state index >= 15 is 0 Å². The lowest BCUT2D eigenvalue weighted by Gasteiger charge is -2.36. The van der Waals surface area contributed by atoms with E-state index in [9.17, 15) is 4.79 Å². The third-order valence-corrected chi connectivity index (χ3v) is 4.10. The van der Waals surface area contributed by atoms with E-state index in [0.717, 1.165) is 17.6 Å². The van der Waals surface area contributed by atoms with Gasteiger partial charge < -0.3 is 10.5 Å². The Morgan fingerprint density at radius 2 is 2.30 bits per heavy atom. The SMILES string of the molecule is C[C@@H]1CN(C[C@H](C)c2cccc(Br)c2)C[C@@H](C(N)=O)O1. The molecule has 2 N–H and O–H groups in total. The highest BCUT2D eigenvalue weighted by Gasteiger charge is 2.29. The number of halogens is 1. The van der Waals surface area contributed by atoms with Crippen LogP contribution >= 0.6 is 15.9 Å². The molecule has 5 heteroatoms. The number of hydrogen-bond acceptors (Lipinski definition) is 3. The van der Waals surface area contributed by atoms with Gasteiger partial charge in [-0.1, -0.05) is 35.0 Å². The Labute approximate surface area is 128 Å². The summed E-state index contributed by atoms with van der Waals surface area (Å²) in [4.78, 5) is 13.6. The molecule has 1 aromatic carbocycles. The van der Waals surface area contributed by atoms with Crippen molar-refractivity contribution in [2.45, 2.75) is 32.0 Å². The van der Waals surface area contributed by atoms with Gasteiger partial charge in [-0.25, -0.2) is 0 Å². The van der Waals surface area contributed by atoms with E-state index in [4.69, 9.17) is 10.5 Å². The minimum Gasteiger partial charge on any atom is -0.367 e. The summed E-state index contributed by atoms with van der Waals surface area (Å²) < 4.78 is 6.65. The molecule has 1 aliphatic heterocycles. The van der Waals surface area contributed by atoms with Crippen molar-refractivity contribution in [3.63, 3.8) is 0 Å². The molecule has 0 radical (unpaired) electrons. The van der Waals surface area contributed by atoms with Crippen molar-refractivity contribution >= 4 is 21.8 Å². The van der Waals surface area contributed by atoms with Crippen molar-refractivity contribution in [3.8, 4) is 0 Å². The van der Waals surface area contributed by atoms with Crippen LogP contribution in [0.3, 0.4) is 0 Å². The summed E-state index contributed by atoms with van der Waals surface area (Å²) in [7, 11) is 0. The fourth-order valence-corrected chi connectivity index (χ4v) is 3.07. The Morgan fingerprint density at radius 1 is 1.55 bits per heavy atom. The lowest BCUT2D eigenvalue weighted by atomic mass is 10.00. The predicted octanol–water partition coefficient (Wildman–Crippen LogP) is 2.13. The number of nitrogens with zero attached hydrogens (tertiary/aromatic N) is 1. The first-order valence-corrected chi connectivity index (χ1v) is 7.67. The highest BCUT2D eigenvalue weighted by molar-refractivity contribution is 9.10. The quantitative estimate of drug-likeness (QED) is 0.913. The third kappa shape index (κ3) is 4.04. The number of hydrogen-bond donors (Lipinski definition) is 1. The normalized spacial score (nSPS) is 25.4. The van der Waals surface area contributed by atoms with Crippen LogP contribution in [0, 0.1) is 0 Å². The van der Waals surface area contributed by atoms with Gasteiger partial charge in [0.25, 0.3) is 0 Å². The zero-order valence-electron chi connectivity index (χ0n) is 11.9. The fourth-order valence-electron chi connectivity index (χ4n) is 2.65. The molecule has 0 spiro atoms.